The first-order chi connectivity index (χ1) is 13.9. The number of amides is 1. The molecule has 164 valence electrons. The third-order valence-corrected chi connectivity index (χ3v) is 6.13. The molecule has 0 radical (unpaired) electrons. The quantitative estimate of drug-likeness (QED) is 0.644. The smallest absolute Gasteiger partial charge is 0.417 e. The molecule has 1 amide bonds. The minimum atomic E-state index is -4.65. The van der Waals surface area contributed by atoms with E-state index in [1.54, 1.807) is 12.1 Å². The zero-order chi connectivity index (χ0) is 22.5. The number of sulfone groups is 1. The lowest BCUT2D eigenvalue weighted by Gasteiger charge is -2.17. The van der Waals surface area contributed by atoms with Crippen LogP contribution in [0.15, 0.2) is 47.4 Å². The molecule has 0 aliphatic carbocycles. The van der Waals surface area contributed by atoms with Crippen LogP contribution in [-0.4, -0.2) is 52.2 Å². The van der Waals surface area contributed by atoms with Gasteiger partial charge >= 0.3 is 6.18 Å². The monoisotopic (exact) mass is 464 g/mol. The Morgan fingerprint density at radius 1 is 1.20 bits per heavy atom. The molecule has 2 rings (SSSR count). The Hall–Kier alpha value is -2.30. The number of ether oxygens (including phenoxy) is 1. The van der Waals surface area contributed by atoms with Crippen molar-refractivity contribution < 1.29 is 31.1 Å². The van der Waals surface area contributed by atoms with Gasteiger partial charge in [-0.3, -0.25) is 9.69 Å². The molecule has 2 aromatic rings. The average Bonchev–Trinajstić information content (AvgIpc) is 2.67. The standard InChI is InChI=1S/C19H20ClF3N2O4S/c1-25(8-9-30(27,28)15-5-3-4-14(11-15)29-2)12-18(26)24-13-6-7-17(20)16(10-13)19(21,22)23/h3-7,10-11H,8-9,12H2,1-2H3,(H,24,26). The third-order valence-electron chi connectivity index (χ3n) is 4.11. The lowest BCUT2D eigenvalue weighted by molar-refractivity contribution is -0.137. The van der Waals surface area contributed by atoms with E-state index in [0.717, 1.165) is 12.1 Å². The zero-order valence-electron chi connectivity index (χ0n) is 16.2. The van der Waals surface area contributed by atoms with Crippen LogP contribution in [-0.2, 0) is 20.8 Å². The van der Waals surface area contributed by atoms with E-state index >= 15 is 0 Å². The van der Waals surface area contributed by atoms with Crippen molar-refractivity contribution in [2.75, 3.05) is 38.3 Å². The van der Waals surface area contributed by atoms with Crippen molar-refractivity contribution in [3.8, 4) is 5.75 Å². The molecule has 11 heteroatoms. The molecule has 2 aromatic carbocycles. The molecular weight excluding hydrogens is 445 g/mol. The number of alkyl halides is 3. The summed E-state index contributed by atoms with van der Waals surface area (Å²) in [5, 5.41) is 1.88. The van der Waals surface area contributed by atoms with Gasteiger partial charge < -0.3 is 10.1 Å². The van der Waals surface area contributed by atoms with Crippen LogP contribution in [0, 0.1) is 0 Å². The highest BCUT2D eigenvalue weighted by Crippen LogP contribution is 2.36. The van der Waals surface area contributed by atoms with Gasteiger partial charge in [-0.2, -0.15) is 13.2 Å². The van der Waals surface area contributed by atoms with E-state index < -0.39 is 32.5 Å². The first-order valence-corrected chi connectivity index (χ1v) is 10.7. The van der Waals surface area contributed by atoms with E-state index in [2.05, 4.69) is 5.32 Å². The van der Waals surface area contributed by atoms with Gasteiger partial charge in [-0.15, -0.1) is 0 Å². The van der Waals surface area contributed by atoms with Crippen LogP contribution in [0.2, 0.25) is 5.02 Å². The third kappa shape index (κ3) is 6.61. The van der Waals surface area contributed by atoms with E-state index in [0.29, 0.717) is 5.75 Å². The van der Waals surface area contributed by atoms with Gasteiger partial charge in [-0.25, -0.2) is 8.42 Å². The van der Waals surface area contributed by atoms with E-state index in [4.69, 9.17) is 16.3 Å². The van der Waals surface area contributed by atoms with E-state index in [1.165, 1.54) is 37.3 Å². The first kappa shape index (κ1) is 24.0. The Bertz CT molecular complexity index is 1010. The summed E-state index contributed by atoms with van der Waals surface area (Å²) in [7, 11) is -0.644. The Morgan fingerprint density at radius 2 is 1.90 bits per heavy atom. The number of hydrogen-bond donors (Lipinski definition) is 1. The van der Waals surface area contributed by atoms with Gasteiger partial charge in [0.15, 0.2) is 9.84 Å². The molecule has 0 aliphatic rings. The molecule has 30 heavy (non-hydrogen) atoms. The van der Waals surface area contributed by atoms with Gasteiger partial charge in [0.05, 0.1) is 34.9 Å². The highest BCUT2D eigenvalue weighted by atomic mass is 35.5. The summed E-state index contributed by atoms with van der Waals surface area (Å²) in [4.78, 5) is 13.7. The van der Waals surface area contributed by atoms with Crippen LogP contribution in [0.25, 0.3) is 0 Å². The lowest BCUT2D eigenvalue weighted by Crippen LogP contribution is -2.33. The largest absolute Gasteiger partial charge is 0.497 e. The van der Waals surface area contributed by atoms with Crippen LogP contribution in [0.1, 0.15) is 5.56 Å². The maximum atomic E-state index is 12.9. The predicted molar refractivity (Wildman–Crippen MR) is 108 cm³/mol. The zero-order valence-corrected chi connectivity index (χ0v) is 17.7. The number of halogens is 4. The number of carbonyl (C=O) groups excluding carboxylic acids is 1. The molecule has 0 bridgehead atoms. The normalized spacial score (nSPS) is 12.1. The van der Waals surface area contributed by atoms with Gasteiger partial charge in [0.25, 0.3) is 0 Å². The van der Waals surface area contributed by atoms with Gasteiger partial charge in [-0.1, -0.05) is 17.7 Å². The van der Waals surface area contributed by atoms with Crippen molar-refractivity contribution in [1.82, 2.24) is 4.90 Å². The van der Waals surface area contributed by atoms with Crippen molar-refractivity contribution in [2.24, 2.45) is 0 Å². The van der Waals surface area contributed by atoms with Gasteiger partial charge in [0.2, 0.25) is 5.91 Å². The number of nitrogens with one attached hydrogen (secondary N) is 1. The molecule has 0 saturated carbocycles. The number of methoxy groups -OCH3 is 1. The summed E-state index contributed by atoms with van der Waals surface area (Å²) in [6, 6.07) is 9.07. The second kappa shape index (κ2) is 9.67. The van der Waals surface area contributed by atoms with Crippen molar-refractivity contribution >= 4 is 33.0 Å². The molecule has 6 nitrogen and oxygen atoms in total. The van der Waals surface area contributed by atoms with E-state index in [9.17, 15) is 26.4 Å². The van der Waals surface area contributed by atoms with Crippen molar-refractivity contribution in [2.45, 2.75) is 11.1 Å². The van der Waals surface area contributed by atoms with Crippen LogP contribution >= 0.6 is 11.6 Å². The van der Waals surface area contributed by atoms with Gasteiger partial charge in [0, 0.05) is 12.2 Å². The Balaban J connectivity index is 1.95. The second-order valence-corrected chi connectivity index (χ2v) is 8.99. The number of anilines is 1. The Kier molecular flexibility index (Phi) is 7.73. The molecule has 0 aliphatic heterocycles. The Labute approximate surface area is 177 Å². The van der Waals surface area contributed by atoms with E-state index in [-0.39, 0.29) is 29.4 Å². The molecule has 0 heterocycles. The predicted octanol–water partition coefficient (Wildman–Crippen LogP) is 3.71. The van der Waals surface area contributed by atoms with Gasteiger partial charge in [0.1, 0.15) is 5.75 Å². The molecule has 0 unspecified atom stereocenters. The summed E-state index contributed by atoms with van der Waals surface area (Å²) < 4.78 is 68.6. The minimum absolute atomic E-state index is 0.0430. The molecule has 0 atom stereocenters. The van der Waals surface area contributed by atoms with Crippen LogP contribution in [0.5, 0.6) is 5.75 Å². The highest BCUT2D eigenvalue weighted by molar-refractivity contribution is 7.91. The summed E-state index contributed by atoms with van der Waals surface area (Å²) in [6.45, 7) is -0.168. The van der Waals surface area contributed by atoms with Crippen LogP contribution in [0.3, 0.4) is 0 Å². The molecular formula is C19H20ClF3N2O4S. The molecule has 0 aromatic heterocycles. The fourth-order valence-electron chi connectivity index (χ4n) is 2.53. The van der Waals surface area contributed by atoms with Crippen molar-refractivity contribution in [3.05, 3.63) is 53.1 Å². The van der Waals surface area contributed by atoms with Crippen molar-refractivity contribution in [3.63, 3.8) is 0 Å². The number of likely N-dealkylation sites (N-methyl/N-ethyl adjacent to an activating group) is 1. The number of rotatable bonds is 8. The number of hydrogen-bond acceptors (Lipinski definition) is 5. The summed E-state index contributed by atoms with van der Waals surface area (Å²) in [5.41, 5.74) is -1.12. The van der Waals surface area contributed by atoms with E-state index in [1.807, 2.05) is 0 Å². The minimum Gasteiger partial charge on any atom is -0.497 e. The molecule has 0 saturated heterocycles. The Morgan fingerprint density at radius 3 is 2.53 bits per heavy atom. The SMILES string of the molecule is COc1cccc(S(=O)(=O)CCN(C)CC(=O)Nc2ccc(Cl)c(C(F)(F)F)c2)c1. The van der Waals surface area contributed by atoms with Crippen molar-refractivity contribution in [1.29, 1.82) is 0 Å². The maximum absolute atomic E-state index is 12.9. The number of benzene rings is 2. The summed E-state index contributed by atoms with van der Waals surface area (Å²) in [5.74, 6) is -0.430. The summed E-state index contributed by atoms with van der Waals surface area (Å²) >= 11 is 5.55. The molecule has 0 fully saturated rings. The first-order valence-electron chi connectivity index (χ1n) is 8.64. The van der Waals surface area contributed by atoms with Crippen LogP contribution in [0.4, 0.5) is 18.9 Å². The van der Waals surface area contributed by atoms with Gasteiger partial charge in [-0.05, 0) is 43.4 Å². The molecule has 1 N–H and O–H groups in total. The maximum Gasteiger partial charge on any atom is 0.417 e. The molecule has 0 spiro atoms. The average molecular weight is 465 g/mol. The summed E-state index contributed by atoms with van der Waals surface area (Å²) in [6.07, 6.45) is -4.65. The fraction of sp³-hybridized carbons (Fsp3) is 0.316. The number of nitrogens with zero attached hydrogens (tertiary/aromatic N) is 1. The number of carbonyl (C=O) groups is 1. The highest BCUT2D eigenvalue weighted by Gasteiger charge is 2.33. The fourth-order valence-corrected chi connectivity index (χ4v) is 4.13. The van der Waals surface area contributed by atoms with Crippen LogP contribution < -0.4 is 10.1 Å². The second-order valence-electron chi connectivity index (χ2n) is 6.48. The topological polar surface area (TPSA) is 75.7 Å². The lowest BCUT2D eigenvalue weighted by atomic mass is 10.2.